The van der Waals surface area contributed by atoms with Crippen molar-refractivity contribution in [2.24, 2.45) is 0 Å². The number of nitro groups is 1. The number of hydrogen-bond donors (Lipinski definition) is 1. The van der Waals surface area contributed by atoms with Crippen LogP contribution >= 0.6 is 35.0 Å². The smallest absolute Gasteiger partial charge is 0.338 e. The first-order valence-electron chi connectivity index (χ1n) is 10.4. The molecule has 0 radical (unpaired) electrons. The van der Waals surface area contributed by atoms with Crippen molar-refractivity contribution in [3.05, 3.63) is 96.4 Å². The molecular formula is C24H16Cl2N2O7S2. The second kappa shape index (κ2) is 10.5. The van der Waals surface area contributed by atoms with Gasteiger partial charge in [-0.25, -0.2) is 13.2 Å². The van der Waals surface area contributed by atoms with Gasteiger partial charge in [-0.15, -0.1) is 0 Å². The maximum atomic E-state index is 13.1. The molecule has 0 unspecified atom stereocenters. The number of ether oxygens (including phenoxy) is 1. The normalized spacial score (nSPS) is 14.1. The molecule has 0 aliphatic carbocycles. The maximum Gasteiger partial charge on any atom is 0.338 e. The highest BCUT2D eigenvalue weighted by molar-refractivity contribution is 8.04. The minimum absolute atomic E-state index is 0.0151. The van der Waals surface area contributed by atoms with Gasteiger partial charge in [-0.3, -0.25) is 14.9 Å². The molecule has 3 aromatic rings. The Balaban J connectivity index is 1.69. The second-order valence-electron chi connectivity index (χ2n) is 7.70. The monoisotopic (exact) mass is 578 g/mol. The van der Waals surface area contributed by atoms with Gasteiger partial charge in [-0.2, -0.15) is 0 Å². The van der Waals surface area contributed by atoms with Crippen molar-refractivity contribution in [2.45, 2.75) is 15.5 Å². The first-order valence-corrected chi connectivity index (χ1v) is 13.6. The highest BCUT2D eigenvalue weighted by atomic mass is 35.5. The van der Waals surface area contributed by atoms with Crippen LogP contribution in [0.25, 0.3) is 6.08 Å². The lowest BCUT2D eigenvalue weighted by molar-refractivity contribution is -0.385. The van der Waals surface area contributed by atoms with E-state index >= 15 is 0 Å². The van der Waals surface area contributed by atoms with Crippen molar-refractivity contribution in [2.75, 3.05) is 12.4 Å². The van der Waals surface area contributed by atoms with Crippen LogP contribution in [0.1, 0.15) is 21.5 Å². The number of fused-ring (bicyclic) bond motifs is 1. The van der Waals surface area contributed by atoms with Crippen LogP contribution in [-0.4, -0.2) is 32.3 Å². The molecule has 3 aromatic carbocycles. The van der Waals surface area contributed by atoms with E-state index in [1.807, 2.05) is 0 Å². The summed E-state index contributed by atoms with van der Waals surface area (Å²) in [5.74, 6) is -1.70. The molecule has 1 aliphatic rings. The fourth-order valence-corrected chi connectivity index (χ4v) is 6.66. The molecule has 0 saturated carbocycles. The van der Waals surface area contributed by atoms with E-state index < -0.39 is 38.1 Å². The summed E-state index contributed by atoms with van der Waals surface area (Å²) in [5, 5.41) is 14.7. The lowest BCUT2D eigenvalue weighted by Crippen LogP contribution is -2.18. The Morgan fingerprint density at radius 1 is 1.14 bits per heavy atom. The summed E-state index contributed by atoms with van der Waals surface area (Å²) in [4.78, 5) is 35.8. The van der Waals surface area contributed by atoms with E-state index in [2.05, 4.69) is 10.1 Å². The molecule has 0 fully saturated rings. The summed E-state index contributed by atoms with van der Waals surface area (Å²) in [6.07, 6.45) is 1.30. The van der Waals surface area contributed by atoms with Crippen LogP contribution in [-0.2, 0) is 25.1 Å². The maximum absolute atomic E-state index is 13.1. The van der Waals surface area contributed by atoms with Crippen molar-refractivity contribution >= 4 is 74.1 Å². The molecule has 4 rings (SSSR count). The fraction of sp³-hybridized carbons (Fsp3) is 0.0833. The molecule has 1 amide bonds. The SMILES string of the molecule is COC(=O)c1ccc(C=C2Sc3cc(S(=O)(=O)Cc4c(Cl)cccc4Cl)ccc3NC2=O)c([N+](=O)[O-])c1. The standard InChI is InChI=1S/C24H16Cl2N2O7S2/c1-35-24(30)14-6-5-13(20(9-14)28(31)32)10-22-23(29)27-19-8-7-15(11-21(19)36-22)37(33,34)12-16-17(25)3-2-4-18(16)26/h2-11H,12H2,1H3,(H,27,29). The average Bonchev–Trinajstić information content (AvgIpc) is 2.86. The molecule has 0 bridgehead atoms. The lowest BCUT2D eigenvalue weighted by Gasteiger charge is -2.19. The number of sulfone groups is 1. The van der Waals surface area contributed by atoms with Gasteiger partial charge in [0.1, 0.15) is 0 Å². The number of nitro benzene ring substituents is 1. The van der Waals surface area contributed by atoms with Crippen molar-refractivity contribution in [1.82, 2.24) is 0 Å². The Bertz CT molecular complexity index is 1580. The summed E-state index contributed by atoms with van der Waals surface area (Å²) in [5.41, 5.74) is 0.319. The zero-order valence-electron chi connectivity index (χ0n) is 18.9. The largest absolute Gasteiger partial charge is 0.465 e. The molecule has 0 spiro atoms. The summed E-state index contributed by atoms with van der Waals surface area (Å²) in [7, 11) is -2.71. The van der Waals surface area contributed by atoms with Gasteiger partial charge < -0.3 is 10.1 Å². The van der Waals surface area contributed by atoms with Gasteiger partial charge in [0.15, 0.2) is 9.84 Å². The van der Waals surface area contributed by atoms with Crippen LogP contribution in [0.15, 0.2) is 69.3 Å². The number of carbonyl (C=O) groups excluding carboxylic acids is 2. The Labute approximate surface area is 225 Å². The van der Waals surface area contributed by atoms with E-state index in [0.29, 0.717) is 10.6 Å². The molecule has 1 N–H and O–H groups in total. The van der Waals surface area contributed by atoms with E-state index in [-0.39, 0.29) is 36.5 Å². The highest BCUT2D eigenvalue weighted by Gasteiger charge is 2.26. The Hall–Kier alpha value is -3.38. The molecule has 0 atom stereocenters. The van der Waals surface area contributed by atoms with Gasteiger partial charge in [-0.05, 0) is 48.5 Å². The van der Waals surface area contributed by atoms with Crippen molar-refractivity contribution in [1.29, 1.82) is 0 Å². The number of amides is 1. The van der Waals surface area contributed by atoms with E-state index in [4.69, 9.17) is 23.2 Å². The zero-order valence-corrected chi connectivity index (χ0v) is 22.0. The number of benzene rings is 3. The minimum atomic E-state index is -3.86. The van der Waals surface area contributed by atoms with Gasteiger partial charge in [-0.1, -0.05) is 41.0 Å². The van der Waals surface area contributed by atoms with Crippen LogP contribution in [0.5, 0.6) is 0 Å². The summed E-state index contributed by atoms with van der Waals surface area (Å²) < 4.78 is 30.8. The molecule has 13 heteroatoms. The van der Waals surface area contributed by atoms with Gasteiger partial charge in [0.25, 0.3) is 11.6 Å². The number of nitrogens with one attached hydrogen (secondary N) is 1. The van der Waals surface area contributed by atoms with Crippen molar-refractivity contribution < 1.29 is 27.7 Å². The van der Waals surface area contributed by atoms with Crippen LogP contribution in [0.3, 0.4) is 0 Å². The summed E-state index contributed by atoms with van der Waals surface area (Å²) in [6.45, 7) is 0. The minimum Gasteiger partial charge on any atom is -0.465 e. The molecule has 1 aliphatic heterocycles. The number of halogens is 2. The van der Waals surface area contributed by atoms with Gasteiger partial charge in [0.05, 0.1) is 44.4 Å². The number of thioether (sulfide) groups is 1. The summed E-state index contributed by atoms with van der Waals surface area (Å²) in [6, 6.07) is 12.7. The number of esters is 1. The average molecular weight is 579 g/mol. The highest BCUT2D eigenvalue weighted by Crippen LogP contribution is 2.41. The predicted octanol–water partition coefficient (Wildman–Crippen LogP) is 5.75. The van der Waals surface area contributed by atoms with E-state index in [1.165, 1.54) is 36.4 Å². The molecule has 190 valence electrons. The topological polar surface area (TPSA) is 133 Å². The van der Waals surface area contributed by atoms with Gasteiger partial charge in [0.2, 0.25) is 0 Å². The molecule has 37 heavy (non-hydrogen) atoms. The molecular weight excluding hydrogens is 563 g/mol. The number of hydrogen-bond acceptors (Lipinski definition) is 8. The fourth-order valence-electron chi connectivity index (χ4n) is 3.48. The number of anilines is 1. The third-order valence-electron chi connectivity index (χ3n) is 5.33. The van der Waals surface area contributed by atoms with E-state index in [9.17, 15) is 28.1 Å². The van der Waals surface area contributed by atoms with Gasteiger partial charge >= 0.3 is 5.97 Å². The molecule has 0 saturated heterocycles. The Morgan fingerprint density at radius 2 is 1.84 bits per heavy atom. The van der Waals surface area contributed by atoms with Gasteiger partial charge in [0, 0.05) is 26.6 Å². The molecule has 9 nitrogen and oxygen atoms in total. The van der Waals surface area contributed by atoms with Crippen LogP contribution < -0.4 is 5.32 Å². The van der Waals surface area contributed by atoms with E-state index in [0.717, 1.165) is 24.9 Å². The van der Waals surface area contributed by atoms with Crippen molar-refractivity contribution in [3.63, 3.8) is 0 Å². The number of rotatable bonds is 6. The zero-order chi connectivity index (χ0) is 26.9. The molecule has 0 aromatic heterocycles. The number of nitrogens with zero attached hydrogens (tertiary/aromatic N) is 1. The lowest BCUT2D eigenvalue weighted by atomic mass is 10.1. The summed E-state index contributed by atoms with van der Waals surface area (Å²) >= 11 is 13.2. The quantitative estimate of drug-likeness (QED) is 0.169. The Kier molecular flexibility index (Phi) is 7.60. The third-order valence-corrected chi connectivity index (χ3v) is 8.76. The predicted molar refractivity (Wildman–Crippen MR) is 141 cm³/mol. The Morgan fingerprint density at radius 3 is 2.49 bits per heavy atom. The third kappa shape index (κ3) is 5.64. The first-order chi connectivity index (χ1) is 17.5. The van der Waals surface area contributed by atoms with Crippen LogP contribution in [0, 0.1) is 10.1 Å². The van der Waals surface area contributed by atoms with Crippen molar-refractivity contribution in [3.8, 4) is 0 Å². The number of methoxy groups -OCH3 is 1. The molecule has 1 heterocycles. The van der Waals surface area contributed by atoms with Crippen LogP contribution in [0.2, 0.25) is 10.0 Å². The first kappa shape index (κ1) is 26.7. The van der Waals surface area contributed by atoms with E-state index in [1.54, 1.807) is 18.2 Å². The second-order valence-corrected chi connectivity index (χ2v) is 11.6. The number of carbonyl (C=O) groups is 2. The van der Waals surface area contributed by atoms with Crippen LogP contribution in [0.4, 0.5) is 11.4 Å².